The van der Waals surface area contributed by atoms with E-state index in [0.717, 1.165) is 60.8 Å². The maximum Gasteiger partial charge on any atom is 0.336 e. The third-order valence-corrected chi connectivity index (χ3v) is 7.85. The number of hydrogen-bond acceptors (Lipinski definition) is 4. The van der Waals surface area contributed by atoms with Crippen molar-refractivity contribution in [2.24, 2.45) is 0 Å². The van der Waals surface area contributed by atoms with Gasteiger partial charge < -0.3 is 20.4 Å². The summed E-state index contributed by atoms with van der Waals surface area (Å²) >= 11 is 0. The van der Waals surface area contributed by atoms with Gasteiger partial charge in [-0.1, -0.05) is 61.4 Å². The monoisotopic (exact) mass is 594 g/mol. The predicted molar refractivity (Wildman–Crippen MR) is 167 cm³/mol. The quantitative estimate of drug-likeness (QED) is 0.115. The highest BCUT2D eigenvalue weighted by Crippen LogP contribution is 2.29. The van der Waals surface area contributed by atoms with Gasteiger partial charge in [-0.25, -0.2) is 19.2 Å². The minimum atomic E-state index is -1.27. The highest BCUT2D eigenvalue weighted by atomic mass is 16.4. The molecule has 0 aliphatic carbocycles. The van der Waals surface area contributed by atoms with Gasteiger partial charge in [0.15, 0.2) is 0 Å². The van der Waals surface area contributed by atoms with Gasteiger partial charge in [0.05, 0.1) is 22.3 Å². The summed E-state index contributed by atoms with van der Waals surface area (Å²) in [4.78, 5) is 45.8. The van der Waals surface area contributed by atoms with E-state index in [4.69, 9.17) is 0 Å². The predicted octanol–water partition coefficient (Wildman–Crippen LogP) is 7.78. The molecule has 0 aliphatic heterocycles. The third kappa shape index (κ3) is 7.39. The first-order valence-electron chi connectivity index (χ1n) is 14.4. The number of carbonyl (C=O) groups is 4. The van der Waals surface area contributed by atoms with Crippen LogP contribution in [0.15, 0.2) is 72.8 Å². The first-order valence-corrected chi connectivity index (χ1v) is 14.4. The van der Waals surface area contributed by atoms with Gasteiger partial charge in [-0.15, -0.1) is 0 Å². The second kappa shape index (κ2) is 13.8. The van der Waals surface area contributed by atoms with Crippen molar-refractivity contribution in [2.45, 2.75) is 52.4 Å². The summed E-state index contributed by atoms with van der Waals surface area (Å²) in [6.45, 7) is 3.93. The van der Waals surface area contributed by atoms with E-state index < -0.39 is 23.9 Å². The number of carboxylic acid groups (broad SMARTS) is 4. The molecule has 0 amide bonds. The van der Waals surface area contributed by atoms with Crippen LogP contribution in [-0.4, -0.2) is 44.3 Å². The van der Waals surface area contributed by atoms with Crippen LogP contribution in [0, 0.1) is 13.8 Å². The molecule has 0 saturated carbocycles. The van der Waals surface area contributed by atoms with Gasteiger partial charge in [-0.05, 0) is 108 Å². The van der Waals surface area contributed by atoms with Gasteiger partial charge in [0.1, 0.15) is 0 Å². The Bertz CT molecular complexity index is 1620. The smallest absolute Gasteiger partial charge is 0.336 e. The van der Waals surface area contributed by atoms with Crippen molar-refractivity contribution in [3.05, 3.63) is 117 Å². The van der Waals surface area contributed by atoms with Crippen LogP contribution in [0.25, 0.3) is 22.3 Å². The minimum Gasteiger partial charge on any atom is -0.478 e. The van der Waals surface area contributed by atoms with Crippen LogP contribution in [0.2, 0.25) is 0 Å². The van der Waals surface area contributed by atoms with Crippen LogP contribution in [0.5, 0.6) is 0 Å². The van der Waals surface area contributed by atoms with E-state index in [1.807, 2.05) is 38.1 Å². The zero-order valence-electron chi connectivity index (χ0n) is 24.6. The average Bonchev–Trinajstić information content (AvgIpc) is 2.98. The van der Waals surface area contributed by atoms with Crippen molar-refractivity contribution >= 4 is 23.9 Å². The Labute approximate surface area is 255 Å². The van der Waals surface area contributed by atoms with E-state index >= 15 is 0 Å². The van der Waals surface area contributed by atoms with Crippen LogP contribution in [-0.2, 0) is 12.8 Å². The van der Waals surface area contributed by atoms with Gasteiger partial charge in [0, 0.05) is 0 Å². The summed E-state index contributed by atoms with van der Waals surface area (Å²) in [5.41, 5.74) is 6.53. The van der Waals surface area contributed by atoms with E-state index in [0.29, 0.717) is 11.1 Å². The molecule has 8 heteroatoms. The molecule has 0 saturated heterocycles. The van der Waals surface area contributed by atoms with E-state index in [9.17, 15) is 39.6 Å². The topological polar surface area (TPSA) is 149 Å². The van der Waals surface area contributed by atoms with E-state index in [1.165, 1.54) is 35.4 Å². The first kappa shape index (κ1) is 31.7. The van der Waals surface area contributed by atoms with E-state index in [2.05, 4.69) is 12.1 Å². The van der Waals surface area contributed by atoms with Crippen LogP contribution in [0.1, 0.15) is 89.4 Å². The molecule has 0 bridgehead atoms. The van der Waals surface area contributed by atoms with Gasteiger partial charge in [-0.3, -0.25) is 0 Å². The van der Waals surface area contributed by atoms with Gasteiger partial charge in [0.2, 0.25) is 0 Å². The molecule has 0 fully saturated rings. The number of aromatic carboxylic acids is 4. The van der Waals surface area contributed by atoms with Crippen LogP contribution in [0.3, 0.4) is 0 Å². The second-order valence-electron chi connectivity index (χ2n) is 11.0. The van der Waals surface area contributed by atoms with Crippen molar-refractivity contribution in [1.29, 1.82) is 0 Å². The fraction of sp³-hybridized carbons (Fsp3) is 0.222. The molecule has 0 radical (unpaired) electrons. The van der Waals surface area contributed by atoms with Crippen molar-refractivity contribution in [3.8, 4) is 22.3 Å². The van der Waals surface area contributed by atoms with E-state index in [-0.39, 0.29) is 22.3 Å². The lowest BCUT2D eigenvalue weighted by molar-refractivity contribution is 0.0651. The van der Waals surface area contributed by atoms with Crippen LogP contribution >= 0.6 is 0 Å². The SMILES string of the molecule is Cc1cc(CCCCCCc2ccc(-c3ccc(C(=O)O)c(C(=O)O)c3)c(C)c2)ccc1-c1ccc(C(=O)O)c(C(=O)O)c1. The van der Waals surface area contributed by atoms with Gasteiger partial charge in [0.25, 0.3) is 0 Å². The molecule has 4 aromatic rings. The Morgan fingerprint density at radius 3 is 1.14 bits per heavy atom. The highest BCUT2D eigenvalue weighted by molar-refractivity contribution is 6.03. The van der Waals surface area contributed by atoms with Crippen LogP contribution in [0.4, 0.5) is 0 Å². The molecule has 0 aliphatic rings. The number of hydrogen-bond donors (Lipinski definition) is 4. The fourth-order valence-electron chi connectivity index (χ4n) is 5.57. The van der Waals surface area contributed by atoms with Gasteiger partial charge in [-0.2, -0.15) is 0 Å². The third-order valence-electron chi connectivity index (χ3n) is 7.85. The first-order chi connectivity index (χ1) is 21.0. The van der Waals surface area contributed by atoms with Gasteiger partial charge >= 0.3 is 23.9 Å². The Morgan fingerprint density at radius 1 is 0.455 bits per heavy atom. The number of rotatable bonds is 13. The normalized spacial score (nSPS) is 10.9. The zero-order chi connectivity index (χ0) is 32.0. The summed E-state index contributed by atoms with van der Waals surface area (Å²) in [6, 6.07) is 21.0. The maximum atomic E-state index is 11.6. The molecule has 226 valence electrons. The number of aryl methyl sites for hydroxylation is 4. The van der Waals surface area contributed by atoms with Crippen molar-refractivity contribution in [1.82, 2.24) is 0 Å². The lowest BCUT2D eigenvalue weighted by atomic mass is 9.93. The lowest BCUT2D eigenvalue weighted by Gasteiger charge is -2.12. The molecule has 0 heterocycles. The zero-order valence-corrected chi connectivity index (χ0v) is 24.6. The second-order valence-corrected chi connectivity index (χ2v) is 11.0. The Hall–Kier alpha value is -5.24. The molecular formula is C36H34O8. The summed E-state index contributed by atoms with van der Waals surface area (Å²) in [7, 11) is 0. The molecule has 0 aromatic heterocycles. The summed E-state index contributed by atoms with van der Waals surface area (Å²) in [5, 5.41) is 37.4. The largest absolute Gasteiger partial charge is 0.478 e. The van der Waals surface area contributed by atoms with Crippen LogP contribution < -0.4 is 0 Å². The summed E-state index contributed by atoms with van der Waals surface area (Å²) in [5.74, 6) is -5.08. The number of benzene rings is 4. The van der Waals surface area contributed by atoms with Crippen molar-refractivity contribution < 1.29 is 39.6 Å². The molecule has 4 N–H and O–H groups in total. The number of unbranched alkanes of at least 4 members (excludes halogenated alkanes) is 3. The highest BCUT2D eigenvalue weighted by Gasteiger charge is 2.19. The Morgan fingerprint density at radius 2 is 0.818 bits per heavy atom. The molecule has 0 atom stereocenters. The minimum absolute atomic E-state index is 0.230. The van der Waals surface area contributed by atoms with Crippen molar-refractivity contribution in [2.75, 3.05) is 0 Å². The summed E-state index contributed by atoms with van der Waals surface area (Å²) in [6.07, 6.45) is 6.06. The molecule has 4 rings (SSSR count). The molecule has 0 unspecified atom stereocenters. The molecular weight excluding hydrogens is 560 g/mol. The van der Waals surface area contributed by atoms with Crippen molar-refractivity contribution in [3.63, 3.8) is 0 Å². The molecule has 4 aromatic carbocycles. The number of carboxylic acids is 4. The lowest BCUT2D eigenvalue weighted by Crippen LogP contribution is -2.08. The van der Waals surface area contributed by atoms with E-state index in [1.54, 1.807) is 12.1 Å². The maximum absolute atomic E-state index is 11.6. The summed E-state index contributed by atoms with van der Waals surface area (Å²) < 4.78 is 0. The standard InChI is InChI=1S/C36H34O8/c1-21-17-23(9-13-27(21)25-11-15-29(33(37)38)31(19-25)35(41)42)7-5-3-4-6-8-24-10-14-28(22(2)18-24)26-12-16-30(34(39)40)32(20-26)36(43)44/h9-20H,3-8H2,1-2H3,(H,37,38)(H,39,40)(H,41,42)(H,43,44). The molecule has 44 heavy (non-hydrogen) atoms. The fourth-order valence-corrected chi connectivity index (χ4v) is 5.57. The Balaban J connectivity index is 1.29. The average molecular weight is 595 g/mol. The Kier molecular flexibility index (Phi) is 9.95. The molecule has 0 spiro atoms. The molecule has 8 nitrogen and oxygen atoms in total.